The Bertz CT molecular complexity index is 702. The molecule has 0 spiro atoms. The summed E-state index contributed by atoms with van der Waals surface area (Å²) in [5.74, 6) is -0.138. The predicted molar refractivity (Wildman–Crippen MR) is 94.3 cm³/mol. The Morgan fingerprint density at radius 2 is 1.91 bits per heavy atom. The Labute approximate surface area is 148 Å². The fraction of sp³-hybridized carbons (Fsp3) is 0.176. The van der Waals surface area contributed by atoms with Crippen molar-refractivity contribution in [3.63, 3.8) is 0 Å². The standard InChI is InChI=1S/C17H16INO4/c1-22-13-6-4-5-12(9-13)10-19-16(20)11-23-17(21)14-7-2-3-8-15(14)18/h2-9H,10-11H2,1H3,(H,19,20). The molecule has 23 heavy (non-hydrogen) atoms. The van der Waals surface area contributed by atoms with Crippen molar-refractivity contribution in [3.05, 3.63) is 63.2 Å². The van der Waals surface area contributed by atoms with Gasteiger partial charge in [0.05, 0.1) is 12.7 Å². The van der Waals surface area contributed by atoms with Crippen molar-refractivity contribution in [2.75, 3.05) is 13.7 Å². The van der Waals surface area contributed by atoms with Crippen LogP contribution in [0.15, 0.2) is 48.5 Å². The second-order valence-corrected chi connectivity index (χ2v) is 5.85. The van der Waals surface area contributed by atoms with E-state index in [4.69, 9.17) is 9.47 Å². The number of esters is 1. The number of benzene rings is 2. The molecule has 2 aromatic rings. The first-order valence-corrected chi connectivity index (χ1v) is 7.99. The van der Waals surface area contributed by atoms with Crippen LogP contribution in [0.2, 0.25) is 0 Å². The van der Waals surface area contributed by atoms with E-state index in [9.17, 15) is 9.59 Å². The van der Waals surface area contributed by atoms with Crippen molar-refractivity contribution in [2.24, 2.45) is 0 Å². The highest BCUT2D eigenvalue weighted by Crippen LogP contribution is 2.13. The Hall–Kier alpha value is -2.09. The largest absolute Gasteiger partial charge is 0.497 e. The van der Waals surface area contributed by atoms with E-state index < -0.39 is 5.97 Å². The van der Waals surface area contributed by atoms with Gasteiger partial charge in [0.15, 0.2) is 6.61 Å². The molecule has 0 aromatic heterocycles. The Balaban J connectivity index is 1.81. The smallest absolute Gasteiger partial charge is 0.339 e. The number of amides is 1. The van der Waals surface area contributed by atoms with Gasteiger partial charge in [-0.25, -0.2) is 4.79 Å². The van der Waals surface area contributed by atoms with E-state index in [0.717, 1.165) is 14.9 Å². The Morgan fingerprint density at radius 1 is 1.13 bits per heavy atom. The normalized spacial score (nSPS) is 10.0. The molecule has 6 heteroatoms. The summed E-state index contributed by atoms with van der Waals surface area (Å²) in [6, 6.07) is 14.4. The summed E-state index contributed by atoms with van der Waals surface area (Å²) in [6.45, 7) is 0.0320. The number of ether oxygens (including phenoxy) is 2. The van der Waals surface area contributed by atoms with Crippen molar-refractivity contribution in [1.82, 2.24) is 5.32 Å². The van der Waals surface area contributed by atoms with Gasteiger partial charge in [-0.2, -0.15) is 0 Å². The maximum absolute atomic E-state index is 11.9. The minimum atomic E-state index is -0.508. The molecule has 0 fully saturated rings. The van der Waals surface area contributed by atoms with E-state index in [2.05, 4.69) is 27.9 Å². The average molecular weight is 425 g/mol. The first-order valence-electron chi connectivity index (χ1n) is 6.91. The van der Waals surface area contributed by atoms with Crippen LogP contribution in [0.1, 0.15) is 15.9 Å². The molecule has 0 aliphatic heterocycles. The van der Waals surface area contributed by atoms with E-state index in [0.29, 0.717) is 12.1 Å². The minimum absolute atomic E-state index is 0.312. The van der Waals surface area contributed by atoms with Gasteiger partial charge in [-0.1, -0.05) is 24.3 Å². The summed E-state index contributed by atoms with van der Waals surface area (Å²) in [7, 11) is 1.59. The second kappa shape index (κ2) is 8.52. The maximum atomic E-state index is 11.9. The second-order valence-electron chi connectivity index (χ2n) is 4.68. The van der Waals surface area contributed by atoms with Crippen LogP contribution in [0.25, 0.3) is 0 Å². The topological polar surface area (TPSA) is 64.6 Å². The monoisotopic (exact) mass is 425 g/mol. The van der Waals surface area contributed by atoms with Crippen LogP contribution in [0.5, 0.6) is 5.75 Å². The van der Waals surface area contributed by atoms with Gasteiger partial charge in [0.1, 0.15) is 5.75 Å². The van der Waals surface area contributed by atoms with Crippen LogP contribution in [-0.4, -0.2) is 25.6 Å². The van der Waals surface area contributed by atoms with Gasteiger partial charge in [-0.05, 0) is 52.4 Å². The van der Waals surface area contributed by atoms with Crippen LogP contribution >= 0.6 is 22.6 Å². The molecule has 0 heterocycles. The molecule has 0 atom stereocenters. The van der Waals surface area contributed by atoms with Gasteiger partial charge in [0.2, 0.25) is 0 Å². The van der Waals surface area contributed by atoms with E-state index in [1.165, 1.54) is 0 Å². The molecule has 0 unspecified atom stereocenters. The fourth-order valence-corrected chi connectivity index (χ4v) is 2.48. The predicted octanol–water partition coefficient (Wildman–Crippen LogP) is 2.77. The molecular weight excluding hydrogens is 409 g/mol. The first kappa shape index (κ1) is 17.3. The molecule has 0 radical (unpaired) electrons. The van der Waals surface area contributed by atoms with Gasteiger partial charge in [0, 0.05) is 10.1 Å². The van der Waals surface area contributed by atoms with Crippen molar-refractivity contribution in [2.45, 2.75) is 6.54 Å². The summed E-state index contributed by atoms with van der Waals surface area (Å²) >= 11 is 2.05. The summed E-state index contributed by atoms with van der Waals surface area (Å²) in [6.07, 6.45) is 0. The zero-order valence-corrected chi connectivity index (χ0v) is 14.7. The van der Waals surface area contributed by atoms with Crippen LogP contribution in [0.4, 0.5) is 0 Å². The third kappa shape index (κ3) is 5.24. The molecule has 120 valence electrons. The van der Waals surface area contributed by atoms with Crippen molar-refractivity contribution in [3.8, 4) is 5.75 Å². The zero-order valence-electron chi connectivity index (χ0n) is 12.5. The Morgan fingerprint density at radius 3 is 2.65 bits per heavy atom. The van der Waals surface area contributed by atoms with E-state index >= 15 is 0 Å². The van der Waals surface area contributed by atoms with Crippen molar-refractivity contribution >= 4 is 34.5 Å². The number of halogens is 1. The van der Waals surface area contributed by atoms with Crippen LogP contribution < -0.4 is 10.1 Å². The molecule has 0 saturated heterocycles. The SMILES string of the molecule is COc1cccc(CNC(=O)COC(=O)c2ccccc2I)c1. The van der Waals surface area contributed by atoms with E-state index in [-0.39, 0.29) is 12.5 Å². The zero-order chi connectivity index (χ0) is 16.7. The van der Waals surface area contributed by atoms with Gasteiger partial charge in [-0.15, -0.1) is 0 Å². The average Bonchev–Trinajstić information content (AvgIpc) is 2.58. The number of carbonyl (C=O) groups is 2. The number of methoxy groups -OCH3 is 1. The fourth-order valence-electron chi connectivity index (χ4n) is 1.87. The molecule has 0 saturated carbocycles. The number of hydrogen-bond donors (Lipinski definition) is 1. The lowest BCUT2D eigenvalue weighted by Gasteiger charge is -2.08. The van der Waals surface area contributed by atoms with E-state index in [1.54, 1.807) is 25.3 Å². The molecule has 1 amide bonds. The van der Waals surface area contributed by atoms with Crippen LogP contribution in [-0.2, 0) is 16.1 Å². The third-order valence-corrected chi connectivity index (χ3v) is 3.99. The summed E-state index contributed by atoms with van der Waals surface area (Å²) in [4.78, 5) is 23.7. The maximum Gasteiger partial charge on any atom is 0.339 e. The van der Waals surface area contributed by atoms with Crippen molar-refractivity contribution < 1.29 is 19.1 Å². The number of nitrogens with one attached hydrogen (secondary N) is 1. The minimum Gasteiger partial charge on any atom is -0.497 e. The summed E-state index contributed by atoms with van der Waals surface area (Å²) < 4.78 is 10.9. The summed E-state index contributed by atoms with van der Waals surface area (Å²) in [5, 5.41) is 2.70. The molecular formula is C17H16INO4. The van der Waals surface area contributed by atoms with E-state index in [1.807, 2.05) is 30.3 Å². The molecule has 0 bridgehead atoms. The molecule has 2 aromatic carbocycles. The lowest BCUT2D eigenvalue weighted by atomic mass is 10.2. The van der Waals surface area contributed by atoms with Gasteiger partial charge < -0.3 is 14.8 Å². The number of hydrogen-bond acceptors (Lipinski definition) is 4. The summed E-state index contributed by atoms with van der Waals surface area (Å²) in [5.41, 5.74) is 1.36. The molecule has 2 rings (SSSR count). The van der Waals surface area contributed by atoms with Gasteiger partial charge >= 0.3 is 5.97 Å². The van der Waals surface area contributed by atoms with Gasteiger partial charge in [0.25, 0.3) is 5.91 Å². The lowest BCUT2D eigenvalue weighted by molar-refractivity contribution is -0.124. The first-order chi connectivity index (χ1) is 11.1. The van der Waals surface area contributed by atoms with Crippen LogP contribution in [0, 0.1) is 3.57 Å². The third-order valence-electron chi connectivity index (χ3n) is 3.05. The number of carbonyl (C=O) groups excluding carboxylic acids is 2. The molecule has 0 aliphatic carbocycles. The molecule has 5 nitrogen and oxygen atoms in total. The molecule has 1 N–H and O–H groups in total. The van der Waals surface area contributed by atoms with Crippen molar-refractivity contribution in [1.29, 1.82) is 0 Å². The van der Waals surface area contributed by atoms with Gasteiger partial charge in [-0.3, -0.25) is 4.79 Å². The quantitative estimate of drug-likeness (QED) is 0.571. The van der Waals surface area contributed by atoms with Crippen LogP contribution in [0.3, 0.4) is 0 Å². The molecule has 0 aliphatic rings. The Kier molecular flexibility index (Phi) is 6.40. The highest BCUT2D eigenvalue weighted by Gasteiger charge is 2.12. The number of rotatable bonds is 6. The highest BCUT2D eigenvalue weighted by atomic mass is 127. The highest BCUT2D eigenvalue weighted by molar-refractivity contribution is 14.1. The lowest BCUT2D eigenvalue weighted by Crippen LogP contribution is -2.28.